The highest BCUT2D eigenvalue weighted by Gasteiger charge is 2.68. The summed E-state index contributed by atoms with van der Waals surface area (Å²) < 4.78 is 7.27. The van der Waals surface area contributed by atoms with Gasteiger partial charge in [0, 0.05) is 23.8 Å². The monoisotopic (exact) mass is 472 g/mol. The number of allylic oxidation sites excluding steroid dienone is 1. The van der Waals surface area contributed by atoms with Gasteiger partial charge in [0.05, 0.1) is 17.3 Å². The molecule has 5 heteroatoms. The molecule has 3 heterocycles. The van der Waals surface area contributed by atoms with E-state index in [9.17, 15) is 10.2 Å². The van der Waals surface area contributed by atoms with Crippen LogP contribution in [0.3, 0.4) is 0 Å². The molecule has 2 aromatic rings. The van der Waals surface area contributed by atoms with E-state index < -0.39 is 17.8 Å². The van der Waals surface area contributed by atoms with Crippen LogP contribution in [0.25, 0.3) is 10.8 Å². The molecule has 1 aromatic heterocycles. The number of pyridine rings is 1. The Hall–Kier alpha value is -2.05. The van der Waals surface area contributed by atoms with Gasteiger partial charge in [-0.1, -0.05) is 31.2 Å². The molecule has 2 spiro atoms. The average molecular weight is 473 g/mol. The fourth-order valence-corrected chi connectivity index (χ4v) is 8.79. The smallest absolute Gasteiger partial charge is 0.105 e. The second kappa shape index (κ2) is 7.25. The Morgan fingerprint density at radius 1 is 1.09 bits per heavy atom. The summed E-state index contributed by atoms with van der Waals surface area (Å²) in [5, 5.41) is 24.5. The molecular formula is C30H36N2O3. The van der Waals surface area contributed by atoms with Crippen LogP contribution in [0.15, 0.2) is 60.0 Å². The minimum absolute atomic E-state index is 0.111. The number of aliphatic hydroxyl groups excluding tert-OH is 2. The highest BCUT2D eigenvalue weighted by atomic mass is 16.5. The molecule has 7 rings (SSSR count). The number of aliphatic hydroxyl groups is 2. The summed E-state index contributed by atoms with van der Waals surface area (Å²) in [7, 11) is 3.98. The van der Waals surface area contributed by atoms with Crippen molar-refractivity contribution in [2.75, 3.05) is 14.1 Å². The summed E-state index contributed by atoms with van der Waals surface area (Å²) in [6.07, 6.45) is 12.8. The maximum absolute atomic E-state index is 11.2. The van der Waals surface area contributed by atoms with Crippen LogP contribution in [0.2, 0.25) is 0 Å². The lowest BCUT2D eigenvalue weighted by molar-refractivity contribution is -0.165. The van der Waals surface area contributed by atoms with E-state index in [1.807, 2.05) is 31.4 Å². The first-order valence-electron chi connectivity index (χ1n) is 13.3. The zero-order valence-electron chi connectivity index (χ0n) is 20.9. The van der Waals surface area contributed by atoms with Crippen molar-refractivity contribution < 1.29 is 14.9 Å². The van der Waals surface area contributed by atoms with Crippen LogP contribution in [-0.2, 0) is 4.74 Å². The van der Waals surface area contributed by atoms with Gasteiger partial charge in [-0.05, 0) is 104 Å². The van der Waals surface area contributed by atoms with E-state index in [0.29, 0.717) is 11.8 Å². The highest BCUT2D eigenvalue weighted by molar-refractivity contribution is 5.82. The predicted molar refractivity (Wildman–Crippen MR) is 136 cm³/mol. The van der Waals surface area contributed by atoms with Crippen LogP contribution >= 0.6 is 0 Å². The lowest BCUT2D eigenvalue weighted by Gasteiger charge is -2.56. The molecule has 2 aliphatic heterocycles. The molecule has 184 valence electrons. The zero-order chi connectivity index (χ0) is 24.2. The molecule has 1 saturated heterocycles. The van der Waals surface area contributed by atoms with Crippen LogP contribution < -0.4 is 0 Å². The molecule has 0 radical (unpaired) electrons. The number of hydrogen-bond donors (Lipinski definition) is 2. The first-order valence-corrected chi connectivity index (χ1v) is 13.3. The fourth-order valence-electron chi connectivity index (χ4n) is 8.79. The van der Waals surface area contributed by atoms with Crippen LogP contribution in [-0.4, -0.2) is 63.6 Å². The molecule has 2 N–H and O–H groups in total. The molecule has 3 fully saturated rings. The van der Waals surface area contributed by atoms with Crippen molar-refractivity contribution >= 4 is 10.8 Å². The third kappa shape index (κ3) is 2.81. The molecule has 8 atom stereocenters. The molecule has 5 aliphatic rings. The number of fused-ring (bicyclic) bond motifs is 2. The number of benzene rings is 1. The maximum Gasteiger partial charge on any atom is 0.105 e. The van der Waals surface area contributed by atoms with E-state index in [2.05, 4.69) is 48.3 Å². The van der Waals surface area contributed by atoms with Gasteiger partial charge in [-0.3, -0.25) is 4.98 Å². The molecule has 5 nitrogen and oxygen atoms in total. The topological polar surface area (TPSA) is 65.8 Å². The second-order valence-electron chi connectivity index (χ2n) is 12.3. The third-order valence-electron chi connectivity index (χ3n) is 10.6. The second-order valence-corrected chi connectivity index (χ2v) is 12.3. The van der Waals surface area contributed by atoms with Crippen LogP contribution in [0, 0.1) is 11.3 Å². The van der Waals surface area contributed by atoms with Gasteiger partial charge >= 0.3 is 0 Å². The molecule has 3 aliphatic carbocycles. The first kappa shape index (κ1) is 22.2. The largest absolute Gasteiger partial charge is 0.388 e. The van der Waals surface area contributed by atoms with Gasteiger partial charge in [0.15, 0.2) is 0 Å². The standard InChI is InChI=1S/C30H36N2O3/c1-28-10-8-21-15-23-26(33)27(34)24(32(2)3)16-29(23)11-12-30(21,35-29)25(28)7-6-22(28)19-5-4-18-9-13-31-17-20(18)14-19/h4-5,8-9,13-15,17,22,24-27,33-34H,6-7,10-12,16H2,1-3H3/t22?,24-,25+,26+,27+,28+,29+,30?/m0/s1. The van der Waals surface area contributed by atoms with Crippen LogP contribution in [0.5, 0.6) is 0 Å². The molecule has 1 aromatic carbocycles. The summed E-state index contributed by atoms with van der Waals surface area (Å²) in [6, 6.07) is 8.90. The molecule has 2 unspecified atom stereocenters. The number of hydrogen-bond acceptors (Lipinski definition) is 5. The average Bonchev–Trinajstić information content (AvgIpc) is 3.37. The first-order chi connectivity index (χ1) is 16.8. The van der Waals surface area contributed by atoms with Gasteiger partial charge in [0.25, 0.3) is 0 Å². The van der Waals surface area contributed by atoms with Crippen LogP contribution in [0.4, 0.5) is 0 Å². The van der Waals surface area contributed by atoms with E-state index in [4.69, 9.17) is 4.74 Å². The normalized spacial score (nSPS) is 44.0. The zero-order valence-corrected chi connectivity index (χ0v) is 20.9. The lowest BCUT2D eigenvalue weighted by atomic mass is 9.58. The Bertz CT molecular complexity index is 1270. The Balaban J connectivity index is 1.29. The number of ether oxygens (including phenoxy) is 1. The van der Waals surface area contributed by atoms with Gasteiger partial charge in [-0.15, -0.1) is 0 Å². The Morgan fingerprint density at radius 2 is 1.94 bits per heavy atom. The summed E-state index contributed by atoms with van der Waals surface area (Å²) in [6.45, 7) is 2.49. The van der Waals surface area contributed by atoms with Crippen molar-refractivity contribution in [3.8, 4) is 0 Å². The van der Waals surface area contributed by atoms with Crippen molar-refractivity contribution in [1.82, 2.24) is 9.88 Å². The molecular weight excluding hydrogens is 436 g/mol. The van der Waals surface area contributed by atoms with E-state index in [0.717, 1.165) is 37.7 Å². The molecule has 2 bridgehead atoms. The summed E-state index contributed by atoms with van der Waals surface area (Å²) in [5.41, 5.74) is 2.97. The Kier molecular flexibility index (Phi) is 4.60. The summed E-state index contributed by atoms with van der Waals surface area (Å²) in [4.78, 5) is 6.40. The van der Waals surface area contributed by atoms with Gasteiger partial charge in [-0.25, -0.2) is 0 Å². The van der Waals surface area contributed by atoms with E-state index >= 15 is 0 Å². The van der Waals surface area contributed by atoms with Crippen molar-refractivity contribution in [2.45, 2.75) is 80.8 Å². The van der Waals surface area contributed by atoms with Gasteiger partial charge in [0.1, 0.15) is 6.10 Å². The number of likely N-dealkylation sites (N-methyl/N-ethyl adjacent to an activating group) is 1. The predicted octanol–water partition coefficient (Wildman–Crippen LogP) is 4.35. The van der Waals surface area contributed by atoms with Gasteiger partial charge in [0.2, 0.25) is 0 Å². The molecule has 35 heavy (non-hydrogen) atoms. The number of nitrogens with zero attached hydrogens (tertiary/aromatic N) is 2. The SMILES string of the molecule is CN(C)[C@H]1C[C@@]23CCC4(O2)C(=CC[C@]2(C)C(c5ccc6ccncc6c5)CC[C@@H]42)C=C3[C@@H](O)[C@@H]1O. The Labute approximate surface area is 207 Å². The van der Waals surface area contributed by atoms with Crippen molar-refractivity contribution in [1.29, 1.82) is 0 Å². The van der Waals surface area contributed by atoms with Crippen LogP contribution in [0.1, 0.15) is 56.9 Å². The quantitative estimate of drug-likeness (QED) is 0.680. The van der Waals surface area contributed by atoms with Crippen molar-refractivity contribution in [3.05, 3.63) is 65.5 Å². The minimum Gasteiger partial charge on any atom is -0.388 e. The van der Waals surface area contributed by atoms with E-state index in [-0.39, 0.29) is 17.1 Å². The van der Waals surface area contributed by atoms with E-state index in [1.165, 1.54) is 28.3 Å². The van der Waals surface area contributed by atoms with Gasteiger partial charge in [-0.2, -0.15) is 0 Å². The third-order valence-corrected chi connectivity index (χ3v) is 10.6. The maximum atomic E-state index is 11.2. The molecule has 0 amide bonds. The number of rotatable bonds is 2. The molecule has 2 saturated carbocycles. The highest BCUT2D eigenvalue weighted by Crippen LogP contribution is 2.69. The Morgan fingerprint density at radius 3 is 2.77 bits per heavy atom. The van der Waals surface area contributed by atoms with Gasteiger partial charge < -0.3 is 19.8 Å². The lowest BCUT2D eigenvalue weighted by Crippen LogP contribution is -2.61. The fraction of sp³-hybridized carbons (Fsp3) is 0.567. The van der Waals surface area contributed by atoms with E-state index in [1.54, 1.807) is 0 Å². The van der Waals surface area contributed by atoms with Crippen molar-refractivity contribution in [2.24, 2.45) is 11.3 Å². The van der Waals surface area contributed by atoms with Crippen molar-refractivity contribution in [3.63, 3.8) is 0 Å². The number of aromatic nitrogens is 1. The minimum atomic E-state index is -0.871. The summed E-state index contributed by atoms with van der Waals surface area (Å²) >= 11 is 0. The summed E-state index contributed by atoms with van der Waals surface area (Å²) in [5.74, 6) is 0.937.